The van der Waals surface area contributed by atoms with E-state index in [0.717, 1.165) is 0 Å². The second-order valence-electron chi connectivity index (χ2n) is 4.86. The molecule has 0 aliphatic heterocycles. The first-order chi connectivity index (χ1) is 9.36. The molecule has 0 saturated carbocycles. The Balaban J connectivity index is 2.57. The smallest absolute Gasteiger partial charge is 0.226 e. The van der Waals surface area contributed by atoms with Crippen LogP contribution in [0.15, 0.2) is 24.3 Å². The predicted octanol–water partition coefficient (Wildman–Crippen LogP) is 2.50. The van der Waals surface area contributed by atoms with Crippen molar-refractivity contribution in [3.63, 3.8) is 0 Å². The number of amides is 2. The zero-order valence-electron chi connectivity index (χ0n) is 11.8. The zero-order chi connectivity index (χ0) is 15.1. The highest BCUT2D eigenvalue weighted by Gasteiger charge is 2.07. The van der Waals surface area contributed by atoms with Crippen molar-refractivity contribution in [3.05, 3.63) is 24.3 Å². The van der Waals surface area contributed by atoms with Crippen molar-refractivity contribution in [2.75, 3.05) is 10.6 Å². The van der Waals surface area contributed by atoms with Crippen molar-refractivity contribution in [3.8, 4) is 0 Å². The molecule has 0 aliphatic rings. The fourth-order valence-corrected chi connectivity index (χ4v) is 1.82. The highest BCUT2D eigenvalue weighted by atomic mass is 32.1. The number of hydrogen-bond donors (Lipinski definition) is 3. The normalized spacial score (nSPS) is 10.0. The standard InChI is InChI=1S/C14H19N3O2S/c1-9(2)7-13(19)17-14(20)16-12-6-4-5-11(8-12)15-10(3)18/h4-6,8-9H,7H2,1-3H3,(H,15,18)(H2,16,17,19,20). The third-order valence-electron chi connectivity index (χ3n) is 2.29. The van der Waals surface area contributed by atoms with Gasteiger partial charge in [-0.3, -0.25) is 9.59 Å². The molecular weight excluding hydrogens is 274 g/mol. The molecule has 1 aromatic rings. The number of anilines is 2. The highest BCUT2D eigenvalue weighted by Crippen LogP contribution is 2.14. The third-order valence-corrected chi connectivity index (χ3v) is 2.49. The van der Waals surface area contributed by atoms with Gasteiger partial charge in [0.25, 0.3) is 0 Å². The fraction of sp³-hybridized carbons (Fsp3) is 0.357. The van der Waals surface area contributed by atoms with Crippen molar-refractivity contribution in [2.24, 2.45) is 5.92 Å². The van der Waals surface area contributed by atoms with Gasteiger partial charge in [-0.1, -0.05) is 19.9 Å². The van der Waals surface area contributed by atoms with E-state index < -0.39 is 0 Å². The van der Waals surface area contributed by atoms with Crippen LogP contribution in [-0.2, 0) is 9.59 Å². The van der Waals surface area contributed by atoms with E-state index in [1.54, 1.807) is 24.3 Å². The lowest BCUT2D eigenvalue weighted by molar-refractivity contribution is -0.120. The van der Waals surface area contributed by atoms with Gasteiger partial charge in [0, 0.05) is 24.7 Å². The summed E-state index contributed by atoms with van der Waals surface area (Å²) in [6.07, 6.45) is 0.424. The van der Waals surface area contributed by atoms with E-state index in [1.165, 1.54) is 6.92 Å². The van der Waals surface area contributed by atoms with Gasteiger partial charge in [0.15, 0.2) is 5.11 Å². The summed E-state index contributed by atoms with van der Waals surface area (Å²) in [6, 6.07) is 7.09. The molecule has 0 atom stereocenters. The molecule has 0 radical (unpaired) electrons. The predicted molar refractivity (Wildman–Crippen MR) is 84.6 cm³/mol. The molecule has 0 unspecified atom stereocenters. The average Bonchev–Trinajstić information content (AvgIpc) is 2.26. The van der Waals surface area contributed by atoms with E-state index in [1.807, 2.05) is 13.8 Å². The van der Waals surface area contributed by atoms with Gasteiger partial charge in [0.05, 0.1) is 0 Å². The van der Waals surface area contributed by atoms with E-state index in [0.29, 0.717) is 17.8 Å². The van der Waals surface area contributed by atoms with Crippen LogP contribution in [0, 0.1) is 5.92 Å². The van der Waals surface area contributed by atoms with E-state index >= 15 is 0 Å². The second kappa shape index (κ2) is 7.59. The molecule has 0 fully saturated rings. The molecule has 3 N–H and O–H groups in total. The number of hydrogen-bond acceptors (Lipinski definition) is 3. The summed E-state index contributed by atoms with van der Waals surface area (Å²) in [7, 11) is 0. The van der Waals surface area contributed by atoms with Gasteiger partial charge < -0.3 is 16.0 Å². The lowest BCUT2D eigenvalue weighted by atomic mass is 10.1. The minimum Gasteiger partial charge on any atom is -0.332 e. The lowest BCUT2D eigenvalue weighted by Crippen LogP contribution is -2.34. The summed E-state index contributed by atoms with van der Waals surface area (Å²) < 4.78 is 0. The van der Waals surface area contributed by atoms with Gasteiger partial charge in [-0.15, -0.1) is 0 Å². The molecule has 20 heavy (non-hydrogen) atoms. The van der Waals surface area contributed by atoms with Gasteiger partial charge in [0.1, 0.15) is 0 Å². The second-order valence-corrected chi connectivity index (χ2v) is 5.27. The van der Waals surface area contributed by atoms with Crippen LogP contribution < -0.4 is 16.0 Å². The SMILES string of the molecule is CC(=O)Nc1cccc(NC(=S)NC(=O)CC(C)C)c1. The number of carbonyl (C=O) groups is 2. The van der Waals surface area contributed by atoms with Crippen molar-refractivity contribution >= 4 is 40.5 Å². The summed E-state index contributed by atoms with van der Waals surface area (Å²) in [6.45, 7) is 5.37. The average molecular weight is 293 g/mol. The van der Waals surface area contributed by atoms with E-state index in [-0.39, 0.29) is 22.8 Å². The van der Waals surface area contributed by atoms with Crippen LogP contribution in [0.2, 0.25) is 0 Å². The Morgan fingerprint density at radius 1 is 1.20 bits per heavy atom. The van der Waals surface area contributed by atoms with Crippen LogP contribution >= 0.6 is 12.2 Å². The molecular formula is C14H19N3O2S. The molecule has 0 aromatic heterocycles. The van der Waals surface area contributed by atoms with Gasteiger partial charge >= 0.3 is 0 Å². The highest BCUT2D eigenvalue weighted by molar-refractivity contribution is 7.80. The zero-order valence-corrected chi connectivity index (χ0v) is 12.6. The molecule has 1 rings (SSSR count). The summed E-state index contributed by atoms with van der Waals surface area (Å²) in [5.41, 5.74) is 1.37. The van der Waals surface area contributed by atoms with Crippen LogP contribution in [0.25, 0.3) is 0 Å². The lowest BCUT2D eigenvalue weighted by Gasteiger charge is -2.11. The maximum atomic E-state index is 11.6. The van der Waals surface area contributed by atoms with E-state index in [9.17, 15) is 9.59 Å². The molecule has 0 bridgehead atoms. The number of carbonyl (C=O) groups excluding carboxylic acids is 2. The van der Waals surface area contributed by atoms with Gasteiger partial charge in [-0.2, -0.15) is 0 Å². The topological polar surface area (TPSA) is 70.2 Å². The molecule has 0 heterocycles. The number of benzene rings is 1. The molecule has 2 amide bonds. The van der Waals surface area contributed by atoms with Crippen LogP contribution in [0.3, 0.4) is 0 Å². The molecule has 108 valence electrons. The monoisotopic (exact) mass is 293 g/mol. The third kappa shape index (κ3) is 6.29. The fourth-order valence-electron chi connectivity index (χ4n) is 1.59. The Labute approximate surface area is 124 Å². The number of nitrogens with one attached hydrogen (secondary N) is 3. The van der Waals surface area contributed by atoms with Crippen LogP contribution in [-0.4, -0.2) is 16.9 Å². The maximum Gasteiger partial charge on any atom is 0.226 e. The van der Waals surface area contributed by atoms with Crippen LogP contribution in [0.4, 0.5) is 11.4 Å². The Hall–Kier alpha value is -1.95. The number of thiocarbonyl (C=S) groups is 1. The van der Waals surface area contributed by atoms with Crippen molar-refractivity contribution in [2.45, 2.75) is 27.2 Å². The molecule has 1 aromatic carbocycles. The summed E-state index contributed by atoms with van der Waals surface area (Å²) in [5, 5.41) is 8.44. The van der Waals surface area contributed by atoms with Gasteiger partial charge in [-0.05, 0) is 36.3 Å². The van der Waals surface area contributed by atoms with Gasteiger partial charge in [0.2, 0.25) is 11.8 Å². The Morgan fingerprint density at radius 3 is 2.35 bits per heavy atom. The molecule has 6 heteroatoms. The first-order valence-corrected chi connectivity index (χ1v) is 6.76. The van der Waals surface area contributed by atoms with Crippen molar-refractivity contribution in [1.29, 1.82) is 0 Å². The first kappa shape index (κ1) is 16.1. The minimum absolute atomic E-state index is 0.115. The largest absolute Gasteiger partial charge is 0.332 e. The molecule has 0 saturated heterocycles. The summed E-state index contributed by atoms with van der Waals surface area (Å²) >= 11 is 5.07. The molecule has 0 spiro atoms. The summed E-state index contributed by atoms with van der Waals surface area (Å²) in [4.78, 5) is 22.6. The van der Waals surface area contributed by atoms with Crippen LogP contribution in [0.5, 0.6) is 0 Å². The quantitative estimate of drug-likeness (QED) is 0.746. The van der Waals surface area contributed by atoms with Crippen molar-refractivity contribution in [1.82, 2.24) is 5.32 Å². The number of rotatable bonds is 4. The van der Waals surface area contributed by atoms with Crippen LogP contribution in [0.1, 0.15) is 27.2 Å². The first-order valence-electron chi connectivity index (χ1n) is 6.35. The van der Waals surface area contributed by atoms with E-state index in [2.05, 4.69) is 16.0 Å². The Morgan fingerprint density at radius 2 is 1.80 bits per heavy atom. The Kier molecular flexibility index (Phi) is 6.11. The molecule has 5 nitrogen and oxygen atoms in total. The van der Waals surface area contributed by atoms with Crippen molar-refractivity contribution < 1.29 is 9.59 Å². The van der Waals surface area contributed by atoms with E-state index in [4.69, 9.17) is 12.2 Å². The maximum absolute atomic E-state index is 11.6. The molecule has 0 aliphatic carbocycles. The summed E-state index contributed by atoms with van der Waals surface area (Å²) in [5.74, 6) is 0.0198. The van der Waals surface area contributed by atoms with Gasteiger partial charge in [-0.25, -0.2) is 0 Å². The minimum atomic E-state index is -0.144. The Bertz CT molecular complexity index is 515.